The van der Waals surface area contributed by atoms with E-state index in [1.165, 1.54) is 10.4 Å². The molecule has 1 aromatic carbocycles. The number of methoxy groups -OCH3 is 1. The summed E-state index contributed by atoms with van der Waals surface area (Å²) >= 11 is 1.83. The second kappa shape index (κ2) is 6.78. The molecule has 5 rings (SSSR count). The molecule has 1 saturated heterocycles. The van der Waals surface area contributed by atoms with Crippen LogP contribution in [0.25, 0.3) is 11.3 Å². The summed E-state index contributed by atoms with van der Waals surface area (Å²) in [5.41, 5.74) is 2.22. The molecule has 0 aliphatic carbocycles. The monoisotopic (exact) mass is 381 g/mol. The fourth-order valence-corrected chi connectivity index (χ4v) is 4.93. The van der Waals surface area contributed by atoms with Crippen molar-refractivity contribution in [2.24, 2.45) is 0 Å². The van der Waals surface area contributed by atoms with E-state index < -0.39 is 0 Å². The zero-order valence-corrected chi connectivity index (χ0v) is 16.2. The Labute approximate surface area is 163 Å². The largest absolute Gasteiger partial charge is 0.497 e. The van der Waals surface area contributed by atoms with Crippen molar-refractivity contribution in [3.05, 3.63) is 58.7 Å². The van der Waals surface area contributed by atoms with Gasteiger partial charge in [-0.1, -0.05) is 6.07 Å². The van der Waals surface area contributed by atoms with Gasteiger partial charge in [-0.05, 0) is 42.1 Å². The summed E-state index contributed by atoms with van der Waals surface area (Å²) in [4.78, 5) is 8.54. The molecule has 0 saturated carbocycles. The van der Waals surface area contributed by atoms with Gasteiger partial charge in [0.15, 0.2) is 0 Å². The number of likely N-dealkylation sites (tertiary alicyclic amines) is 1. The van der Waals surface area contributed by atoms with Crippen molar-refractivity contribution in [3.63, 3.8) is 0 Å². The maximum atomic E-state index is 6.35. The van der Waals surface area contributed by atoms with Crippen molar-refractivity contribution in [2.75, 3.05) is 20.2 Å². The van der Waals surface area contributed by atoms with E-state index in [-0.39, 0.29) is 5.60 Å². The highest BCUT2D eigenvalue weighted by Crippen LogP contribution is 2.36. The van der Waals surface area contributed by atoms with Crippen molar-refractivity contribution >= 4 is 11.3 Å². The maximum Gasteiger partial charge on any atom is 0.135 e. The summed E-state index contributed by atoms with van der Waals surface area (Å²) in [5.74, 6) is 1.89. The van der Waals surface area contributed by atoms with Crippen molar-refractivity contribution in [1.82, 2.24) is 14.5 Å². The van der Waals surface area contributed by atoms with Gasteiger partial charge in [0.2, 0.25) is 0 Å². The number of hydrogen-bond donors (Lipinski definition) is 0. The van der Waals surface area contributed by atoms with Crippen LogP contribution in [0.4, 0.5) is 0 Å². The number of rotatable bonds is 4. The Bertz CT molecular complexity index is 920. The zero-order valence-electron chi connectivity index (χ0n) is 15.4. The van der Waals surface area contributed by atoms with Crippen LogP contribution < -0.4 is 4.74 Å². The molecule has 1 unspecified atom stereocenters. The number of hydrogen-bond acceptors (Lipinski definition) is 5. The molecule has 2 aromatic heterocycles. The Kier molecular flexibility index (Phi) is 4.27. The quantitative estimate of drug-likeness (QED) is 0.689. The van der Waals surface area contributed by atoms with Crippen molar-refractivity contribution in [1.29, 1.82) is 0 Å². The molecule has 6 heteroatoms. The Morgan fingerprint density at radius 1 is 1.22 bits per heavy atom. The lowest BCUT2D eigenvalue weighted by Crippen LogP contribution is -2.44. The summed E-state index contributed by atoms with van der Waals surface area (Å²) < 4.78 is 14.0. The van der Waals surface area contributed by atoms with E-state index in [1.807, 2.05) is 29.7 Å². The van der Waals surface area contributed by atoms with Gasteiger partial charge in [-0.15, -0.1) is 11.3 Å². The number of nitrogens with zero attached hydrogens (tertiary/aromatic N) is 3. The Morgan fingerprint density at radius 3 is 2.89 bits per heavy atom. The van der Waals surface area contributed by atoms with Crippen LogP contribution in [-0.4, -0.2) is 40.3 Å². The minimum absolute atomic E-state index is 0.105. The number of ether oxygens (including phenoxy) is 2. The first-order valence-electron chi connectivity index (χ1n) is 9.32. The average Bonchev–Trinajstić information content (AvgIpc) is 3.43. The van der Waals surface area contributed by atoms with Gasteiger partial charge >= 0.3 is 0 Å². The number of fused-ring (bicyclic) bond motifs is 1. The van der Waals surface area contributed by atoms with Gasteiger partial charge in [0, 0.05) is 30.1 Å². The average molecular weight is 382 g/mol. The van der Waals surface area contributed by atoms with Crippen LogP contribution in [-0.2, 0) is 24.4 Å². The fourth-order valence-electron chi connectivity index (χ4n) is 4.18. The molecule has 0 bridgehead atoms. The van der Waals surface area contributed by atoms with E-state index in [9.17, 15) is 0 Å². The maximum absolute atomic E-state index is 6.35. The molecule has 0 N–H and O–H groups in total. The summed E-state index contributed by atoms with van der Waals surface area (Å²) in [7, 11) is 1.69. The van der Waals surface area contributed by atoms with E-state index in [0.717, 1.165) is 49.9 Å². The van der Waals surface area contributed by atoms with E-state index in [1.54, 1.807) is 7.11 Å². The predicted molar refractivity (Wildman–Crippen MR) is 106 cm³/mol. The van der Waals surface area contributed by atoms with Gasteiger partial charge in [0.05, 0.1) is 25.5 Å². The highest BCUT2D eigenvalue weighted by Gasteiger charge is 2.43. The minimum Gasteiger partial charge on any atom is -0.497 e. The molecule has 140 valence electrons. The first-order chi connectivity index (χ1) is 13.2. The molecular weight excluding hydrogens is 358 g/mol. The van der Waals surface area contributed by atoms with Crippen LogP contribution in [0.3, 0.4) is 0 Å². The van der Waals surface area contributed by atoms with Gasteiger partial charge in [-0.25, -0.2) is 4.98 Å². The van der Waals surface area contributed by atoms with Crippen LogP contribution in [0, 0.1) is 0 Å². The van der Waals surface area contributed by atoms with E-state index in [0.29, 0.717) is 6.61 Å². The third-order valence-electron chi connectivity index (χ3n) is 5.63. The van der Waals surface area contributed by atoms with Gasteiger partial charge in [0.25, 0.3) is 0 Å². The van der Waals surface area contributed by atoms with Crippen LogP contribution in [0.15, 0.2) is 48.0 Å². The van der Waals surface area contributed by atoms with Gasteiger partial charge < -0.3 is 14.0 Å². The lowest BCUT2D eigenvalue weighted by atomic mass is 10.0. The Morgan fingerprint density at radius 2 is 2.11 bits per heavy atom. The molecule has 1 spiro atoms. The Balaban J connectivity index is 1.37. The van der Waals surface area contributed by atoms with E-state index >= 15 is 0 Å². The van der Waals surface area contributed by atoms with Crippen LogP contribution >= 0.6 is 11.3 Å². The Hall–Kier alpha value is -2.15. The fraction of sp³-hybridized carbons (Fsp3) is 0.381. The molecule has 0 amide bonds. The summed E-state index contributed by atoms with van der Waals surface area (Å²) in [5, 5.41) is 2.15. The first kappa shape index (κ1) is 17.0. The van der Waals surface area contributed by atoms with Gasteiger partial charge in [-0.2, -0.15) is 0 Å². The SMILES string of the molecule is COc1ccc(-c2cnc3n2CC2(CCN(Cc4cccs4)C2)OC3)cc1. The van der Waals surface area contributed by atoms with Crippen molar-refractivity contribution in [2.45, 2.75) is 31.7 Å². The van der Waals surface area contributed by atoms with E-state index in [2.05, 4.69) is 44.1 Å². The third-order valence-corrected chi connectivity index (χ3v) is 6.49. The molecule has 1 fully saturated rings. The molecule has 2 aliphatic rings. The number of thiophene rings is 1. The first-order valence-corrected chi connectivity index (χ1v) is 10.2. The molecule has 3 aromatic rings. The second-order valence-electron chi connectivity index (χ2n) is 7.39. The predicted octanol–water partition coefficient (Wildman–Crippen LogP) is 3.80. The second-order valence-corrected chi connectivity index (χ2v) is 8.42. The molecule has 2 aliphatic heterocycles. The highest BCUT2D eigenvalue weighted by molar-refractivity contribution is 7.09. The molecular formula is C21H23N3O2S. The lowest BCUT2D eigenvalue weighted by Gasteiger charge is -2.35. The number of benzene rings is 1. The van der Waals surface area contributed by atoms with Crippen LogP contribution in [0.1, 0.15) is 17.1 Å². The summed E-state index contributed by atoms with van der Waals surface area (Å²) in [6, 6.07) is 12.5. The normalized spacial score (nSPS) is 22.3. The van der Waals surface area contributed by atoms with Gasteiger partial charge in [0.1, 0.15) is 23.8 Å². The highest BCUT2D eigenvalue weighted by atomic mass is 32.1. The molecule has 1 atom stereocenters. The summed E-state index contributed by atoms with van der Waals surface area (Å²) in [6.07, 6.45) is 3.04. The van der Waals surface area contributed by atoms with E-state index in [4.69, 9.17) is 9.47 Å². The minimum atomic E-state index is -0.105. The standard InChI is InChI=1S/C21H23N3O2S/c1-25-17-6-4-16(5-7-17)19-11-22-20-13-26-21(15-24(19)20)8-9-23(14-21)12-18-3-2-10-27-18/h2-7,10-11H,8-9,12-15H2,1H3. The van der Waals surface area contributed by atoms with Crippen LogP contribution in [0.5, 0.6) is 5.75 Å². The molecule has 27 heavy (non-hydrogen) atoms. The molecule has 4 heterocycles. The molecule has 0 radical (unpaired) electrons. The van der Waals surface area contributed by atoms with Crippen molar-refractivity contribution in [3.8, 4) is 17.0 Å². The smallest absolute Gasteiger partial charge is 0.135 e. The van der Waals surface area contributed by atoms with Gasteiger partial charge in [-0.3, -0.25) is 4.90 Å². The topological polar surface area (TPSA) is 39.5 Å². The van der Waals surface area contributed by atoms with Crippen molar-refractivity contribution < 1.29 is 9.47 Å². The number of imidazole rings is 1. The zero-order chi connectivity index (χ0) is 18.3. The molecule has 5 nitrogen and oxygen atoms in total. The summed E-state index contributed by atoms with van der Waals surface area (Å²) in [6.45, 7) is 4.53. The lowest BCUT2D eigenvalue weighted by molar-refractivity contribution is -0.0821. The third kappa shape index (κ3) is 3.18. The number of aromatic nitrogens is 2. The van der Waals surface area contributed by atoms with Crippen LogP contribution in [0.2, 0.25) is 0 Å².